The Morgan fingerprint density at radius 2 is 1.67 bits per heavy atom. The van der Waals surface area contributed by atoms with Crippen molar-refractivity contribution in [3.8, 4) is 12.3 Å². The van der Waals surface area contributed by atoms with Gasteiger partial charge in [0.05, 0.1) is 18.8 Å². The SMILES string of the molecule is C#CC(C)(C)NC=C(C(=O)OCC)C(=O)OCC. The van der Waals surface area contributed by atoms with Gasteiger partial charge in [-0.05, 0) is 27.7 Å². The van der Waals surface area contributed by atoms with E-state index in [0.717, 1.165) is 0 Å². The van der Waals surface area contributed by atoms with Gasteiger partial charge in [-0.25, -0.2) is 9.59 Å². The minimum atomic E-state index is -0.740. The van der Waals surface area contributed by atoms with Crippen LogP contribution in [0.25, 0.3) is 0 Å². The van der Waals surface area contributed by atoms with Crippen LogP contribution in [-0.4, -0.2) is 30.7 Å². The molecule has 0 aliphatic carbocycles. The van der Waals surface area contributed by atoms with Crippen molar-refractivity contribution in [1.29, 1.82) is 0 Å². The summed E-state index contributed by atoms with van der Waals surface area (Å²) >= 11 is 0. The first kappa shape index (κ1) is 16.0. The maximum absolute atomic E-state index is 11.6. The van der Waals surface area contributed by atoms with Crippen molar-refractivity contribution < 1.29 is 19.1 Å². The molecule has 0 fully saturated rings. The number of ether oxygens (including phenoxy) is 2. The van der Waals surface area contributed by atoms with Gasteiger partial charge in [0.15, 0.2) is 5.57 Å². The number of esters is 2. The second kappa shape index (κ2) is 7.38. The van der Waals surface area contributed by atoms with Gasteiger partial charge in [-0.2, -0.15) is 0 Å². The molecule has 0 unspecified atom stereocenters. The van der Waals surface area contributed by atoms with Crippen LogP contribution in [0.1, 0.15) is 27.7 Å². The van der Waals surface area contributed by atoms with Crippen LogP contribution in [0.15, 0.2) is 11.8 Å². The van der Waals surface area contributed by atoms with E-state index in [0.29, 0.717) is 0 Å². The zero-order chi connectivity index (χ0) is 14.2. The van der Waals surface area contributed by atoms with Crippen LogP contribution in [0.5, 0.6) is 0 Å². The van der Waals surface area contributed by atoms with Crippen LogP contribution in [-0.2, 0) is 19.1 Å². The first-order valence-electron chi connectivity index (χ1n) is 5.67. The molecule has 0 amide bonds. The largest absolute Gasteiger partial charge is 0.462 e. The Kier molecular flexibility index (Phi) is 6.58. The quantitative estimate of drug-likeness (QED) is 0.251. The lowest BCUT2D eigenvalue weighted by Gasteiger charge is -2.18. The fourth-order valence-corrected chi connectivity index (χ4v) is 0.913. The lowest BCUT2D eigenvalue weighted by molar-refractivity contribution is -0.146. The Bertz CT molecular complexity index is 357. The van der Waals surface area contributed by atoms with Crippen LogP contribution in [0.3, 0.4) is 0 Å². The average Bonchev–Trinajstić information content (AvgIpc) is 2.30. The van der Waals surface area contributed by atoms with Gasteiger partial charge in [-0.15, -0.1) is 6.42 Å². The Labute approximate surface area is 108 Å². The number of nitrogens with one attached hydrogen (secondary N) is 1. The van der Waals surface area contributed by atoms with Crippen LogP contribution < -0.4 is 5.32 Å². The summed E-state index contributed by atoms with van der Waals surface area (Å²) < 4.78 is 9.54. The second-order valence-corrected chi connectivity index (χ2v) is 3.91. The van der Waals surface area contributed by atoms with Gasteiger partial charge in [-0.1, -0.05) is 5.92 Å². The monoisotopic (exact) mass is 253 g/mol. The van der Waals surface area contributed by atoms with Crippen molar-refractivity contribution in [3.63, 3.8) is 0 Å². The predicted octanol–water partition coefficient (Wildman–Crippen LogP) is 0.998. The summed E-state index contributed by atoms with van der Waals surface area (Å²) in [6.45, 7) is 7.12. The molecule has 0 aliphatic heterocycles. The number of hydrogen-bond donors (Lipinski definition) is 1. The van der Waals surface area contributed by atoms with Gasteiger partial charge in [0.2, 0.25) is 0 Å². The molecular weight excluding hydrogens is 234 g/mol. The molecular formula is C13H19NO4. The van der Waals surface area contributed by atoms with Crippen molar-refractivity contribution in [2.75, 3.05) is 13.2 Å². The fourth-order valence-electron chi connectivity index (χ4n) is 0.913. The van der Waals surface area contributed by atoms with E-state index in [-0.39, 0.29) is 18.8 Å². The summed E-state index contributed by atoms with van der Waals surface area (Å²) in [4.78, 5) is 23.2. The predicted molar refractivity (Wildman–Crippen MR) is 67.4 cm³/mol. The fraction of sp³-hybridized carbons (Fsp3) is 0.538. The first-order chi connectivity index (χ1) is 8.37. The lowest BCUT2D eigenvalue weighted by atomic mass is 10.1. The number of rotatable bonds is 6. The van der Waals surface area contributed by atoms with Crippen LogP contribution in [0, 0.1) is 12.3 Å². The minimum absolute atomic E-state index is 0.175. The van der Waals surface area contributed by atoms with Gasteiger partial charge in [-0.3, -0.25) is 0 Å². The van der Waals surface area contributed by atoms with Gasteiger partial charge in [0, 0.05) is 6.20 Å². The van der Waals surface area contributed by atoms with E-state index in [2.05, 4.69) is 11.2 Å². The van der Waals surface area contributed by atoms with Crippen molar-refractivity contribution in [2.45, 2.75) is 33.2 Å². The zero-order valence-electron chi connectivity index (χ0n) is 11.2. The Morgan fingerprint density at radius 1 is 1.22 bits per heavy atom. The van der Waals surface area contributed by atoms with E-state index in [4.69, 9.17) is 15.9 Å². The molecule has 0 saturated carbocycles. The van der Waals surface area contributed by atoms with E-state index in [1.54, 1.807) is 27.7 Å². The first-order valence-corrected chi connectivity index (χ1v) is 5.67. The summed E-state index contributed by atoms with van der Waals surface area (Å²) in [5, 5.41) is 2.79. The van der Waals surface area contributed by atoms with Crippen LogP contribution in [0.4, 0.5) is 0 Å². The topological polar surface area (TPSA) is 64.6 Å². The van der Waals surface area contributed by atoms with Gasteiger partial charge >= 0.3 is 11.9 Å². The molecule has 0 atom stereocenters. The molecule has 0 aliphatic rings. The molecule has 0 saturated heterocycles. The highest BCUT2D eigenvalue weighted by Crippen LogP contribution is 2.05. The molecule has 100 valence electrons. The molecule has 0 radical (unpaired) electrons. The molecule has 0 bridgehead atoms. The van der Waals surface area contributed by atoms with E-state index < -0.39 is 17.5 Å². The third kappa shape index (κ3) is 5.39. The number of carbonyl (C=O) groups is 2. The van der Waals surface area contributed by atoms with Crippen molar-refractivity contribution in [2.24, 2.45) is 0 Å². The maximum Gasteiger partial charge on any atom is 0.347 e. The van der Waals surface area contributed by atoms with E-state index >= 15 is 0 Å². The molecule has 0 aromatic carbocycles. The van der Waals surface area contributed by atoms with Crippen molar-refractivity contribution in [1.82, 2.24) is 5.32 Å². The molecule has 0 heterocycles. The van der Waals surface area contributed by atoms with E-state index in [1.165, 1.54) is 6.20 Å². The van der Waals surface area contributed by atoms with Gasteiger partial charge < -0.3 is 14.8 Å². The van der Waals surface area contributed by atoms with Crippen LogP contribution in [0.2, 0.25) is 0 Å². The smallest absolute Gasteiger partial charge is 0.347 e. The normalized spacial score (nSPS) is 9.94. The Hall–Kier alpha value is -1.96. The average molecular weight is 253 g/mol. The highest BCUT2D eigenvalue weighted by atomic mass is 16.6. The molecule has 5 nitrogen and oxygen atoms in total. The number of hydrogen-bond acceptors (Lipinski definition) is 5. The van der Waals surface area contributed by atoms with Crippen molar-refractivity contribution >= 4 is 11.9 Å². The highest BCUT2D eigenvalue weighted by molar-refractivity contribution is 6.13. The molecule has 18 heavy (non-hydrogen) atoms. The molecule has 1 N–H and O–H groups in total. The van der Waals surface area contributed by atoms with Crippen LogP contribution >= 0.6 is 0 Å². The maximum atomic E-state index is 11.6. The molecule has 5 heteroatoms. The molecule has 0 aromatic rings. The third-order valence-electron chi connectivity index (χ3n) is 1.93. The van der Waals surface area contributed by atoms with Crippen molar-refractivity contribution in [3.05, 3.63) is 11.8 Å². The summed E-state index contributed by atoms with van der Waals surface area (Å²) in [5.41, 5.74) is -0.883. The third-order valence-corrected chi connectivity index (χ3v) is 1.93. The van der Waals surface area contributed by atoms with Gasteiger partial charge in [0.25, 0.3) is 0 Å². The standard InChI is InChI=1S/C13H19NO4/c1-6-13(4,5)14-9-10(11(15)17-7-2)12(16)18-8-3/h1,9,14H,7-8H2,2-5H3. The summed E-state index contributed by atoms with van der Waals surface area (Å²) in [7, 11) is 0. The Balaban J connectivity index is 4.98. The summed E-state index contributed by atoms with van der Waals surface area (Å²) in [5.74, 6) is 0.999. The van der Waals surface area contributed by atoms with E-state index in [9.17, 15) is 9.59 Å². The zero-order valence-corrected chi connectivity index (χ0v) is 11.2. The minimum Gasteiger partial charge on any atom is -0.462 e. The Morgan fingerprint density at radius 3 is 2.00 bits per heavy atom. The second-order valence-electron chi connectivity index (χ2n) is 3.91. The summed E-state index contributed by atoms with van der Waals surface area (Å²) in [6.07, 6.45) is 6.52. The highest BCUT2D eigenvalue weighted by Gasteiger charge is 2.22. The van der Waals surface area contributed by atoms with Gasteiger partial charge in [0.1, 0.15) is 0 Å². The number of carbonyl (C=O) groups excluding carboxylic acids is 2. The summed E-state index contributed by atoms with van der Waals surface area (Å²) in [6, 6.07) is 0. The molecule has 0 rings (SSSR count). The number of terminal acetylenes is 1. The molecule has 0 aromatic heterocycles. The lowest BCUT2D eigenvalue weighted by Crippen LogP contribution is -2.35. The molecule has 0 spiro atoms. The van der Waals surface area contributed by atoms with E-state index in [1.807, 2.05) is 0 Å².